The van der Waals surface area contributed by atoms with E-state index < -0.39 is 30.2 Å². The fourth-order valence-electron chi connectivity index (χ4n) is 7.43. The number of benzene rings is 3. The highest BCUT2D eigenvalue weighted by Gasteiger charge is 2.64. The molecule has 278 valence electrons. The molecule has 1 amide bonds. The Morgan fingerprint density at radius 1 is 0.962 bits per heavy atom. The van der Waals surface area contributed by atoms with Crippen molar-refractivity contribution in [2.45, 2.75) is 49.5 Å². The van der Waals surface area contributed by atoms with Gasteiger partial charge in [0.15, 0.2) is 23.0 Å². The molecule has 6 atom stereocenters. The summed E-state index contributed by atoms with van der Waals surface area (Å²) in [7, 11) is 5.43. The van der Waals surface area contributed by atoms with Gasteiger partial charge in [0.25, 0.3) is 0 Å². The Balaban J connectivity index is 0.000000157. The van der Waals surface area contributed by atoms with Gasteiger partial charge in [-0.1, -0.05) is 42.5 Å². The monoisotopic (exact) mass is 720 g/mol. The Kier molecular flexibility index (Phi) is 11.9. The number of ether oxygens (including phenoxy) is 6. The zero-order valence-electron chi connectivity index (χ0n) is 29.4. The Bertz CT molecular complexity index is 1800. The van der Waals surface area contributed by atoms with Crippen molar-refractivity contribution in [2.24, 2.45) is 11.7 Å². The number of rotatable bonds is 9. The quantitative estimate of drug-likeness (QED) is 0.143. The maximum Gasteiger partial charge on any atom is 0.404 e. The molecule has 3 aromatic rings. The SMILES string of the molecule is CC(=O)Oc1ccccc1C(=O)O.COc1ccc2c3c1O[C@H]1[C@@H](O)C=C[C@H]4[C@@H](C2)N(C)CC[C@@]341.COc1ccccc1OCC(O)COC(N)=O. The standard InChI is InChI=1S/C18H21NO3.C11H15NO5.C9H8O4/c1-19-8-7-18-11-4-5-13(20)17(18)22-16-14(21-2)6-3-10(15(16)18)9-12(11)19;1-15-9-4-2-3-5-10(9)16-6-8(13)7-17-11(12)14;1-6(10)13-8-5-3-2-4-7(8)9(11)12/h3-6,11-13,17,20H,7-9H2,1-2H3;2-5,8,13H,6-7H2,1H3,(H2,12,14);2-5H,1H3,(H,11,12)/t11-,12+,13-,17-,18-;;/m0../s1. The lowest BCUT2D eigenvalue weighted by Gasteiger charge is -2.56. The Labute approximate surface area is 301 Å². The van der Waals surface area contributed by atoms with E-state index in [9.17, 15) is 24.6 Å². The number of likely N-dealkylation sites (N-methyl/N-ethyl adjacent to an activating group) is 1. The molecule has 1 fully saturated rings. The van der Waals surface area contributed by atoms with Crippen LogP contribution in [0.1, 0.15) is 34.8 Å². The van der Waals surface area contributed by atoms with E-state index in [1.54, 1.807) is 43.5 Å². The van der Waals surface area contributed by atoms with E-state index >= 15 is 0 Å². The minimum atomic E-state index is -1.11. The van der Waals surface area contributed by atoms with Gasteiger partial charge in [-0.2, -0.15) is 0 Å². The summed E-state index contributed by atoms with van der Waals surface area (Å²) in [4.78, 5) is 34.0. The molecule has 2 heterocycles. The molecule has 0 radical (unpaired) electrons. The first-order chi connectivity index (χ1) is 24.9. The van der Waals surface area contributed by atoms with E-state index in [1.807, 2.05) is 12.1 Å². The van der Waals surface area contributed by atoms with Crippen LogP contribution in [0.2, 0.25) is 0 Å². The topological polar surface area (TPSA) is 197 Å². The van der Waals surface area contributed by atoms with Gasteiger partial charge in [0, 0.05) is 29.9 Å². The average Bonchev–Trinajstić information content (AvgIpc) is 3.48. The molecule has 0 aromatic heterocycles. The summed E-state index contributed by atoms with van der Waals surface area (Å²) in [6, 6.07) is 17.7. The van der Waals surface area contributed by atoms with E-state index in [1.165, 1.54) is 37.3 Å². The third-order valence-corrected chi connectivity index (χ3v) is 9.64. The Hall–Kier alpha value is -5.31. The Morgan fingerprint density at radius 2 is 1.63 bits per heavy atom. The van der Waals surface area contributed by atoms with Crippen LogP contribution in [-0.4, -0.2) is 104 Å². The summed E-state index contributed by atoms with van der Waals surface area (Å²) in [6.45, 7) is 2.05. The van der Waals surface area contributed by atoms with Gasteiger partial charge >= 0.3 is 18.0 Å². The first kappa shape index (κ1) is 37.9. The van der Waals surface area contributed by atoms with Gasteiger partial charge in [-0.25, -0.2) is 9.59 Å². The third kappa shape index (κ3) is 7.78. The van der Waals surface area contributed by atoms with Gasteiger partial charge in [0.2, 0.25) is 0 Å². The number of likely N-dealkylation sites (tertiary alicyclic amines) is 1. The fourth-order valence-corrected chi connectivity index (χ4v) is 7.43. The molecule has 14 heteroatoms. The number of aromatic carboxylic acids is 1. The molecule has 1 saturated heterocycles. The summed E-state index contributed by atoms with van der Waals surface area (Å²) in [5, 5.41) is 28.7. The van der Waals surface area contributed by atoms with Crippen molar-refractivity contribution < 1.29 is 58.1 Å². The number of amides is 1. The number of esters is 1. The first-order valence-electron chi connectivity index (χ1n) is 16.7. The molecule has 7 rings (SSSR count). The normalized spacial score (nSPS) is 23.5. The second kappa shape index (κ2) is 16.4. The van der Waals surface area contributed by atoms with Crippen LogP contribution in [0.25, 0.3) is 0 Å². The number of carboxylic acid groups (broad SMARTS) is 1. The van der Waals surface area contributed by atoms with Gasteiger partial charge in [0.1, 0.15) is 42.8 Å². The number of aliphatic hydroxyl groups is 2. The van der Waals surface area contributed by atoms with Crippen molar-refractivity contribution >= 4 is 18.0 Å². The summed E-state index contributed by atoms with van der Waals surface area (Å²) < 4.78 is 31.3. The first-order valence-corrected chi connectivity index (χ1v) is 16.7. The van der Waals surface area contributed by atoms with Crippen molar-refractivity contribution in [3.63, 3.8) is 0 Å². The minimum absolute atomic E-state index is 0.0160. The van der Waals surface area contributed by atoms with Crippen LogP contribution >= 0.6 is 0 Å². The lowest BCUT2D eigenvalue weighted by molar-refractivity contribution is -0.131. The number of nitrogens with zero attached hydrogens (tertiary/aromatic N) is 1. The smallest absolute Gasteiger partial charge is 0.404 e. The number of carbonyl (C=O) groups is 3. The zero-order valence-corrected chi connectivity index (χ0v) is 29.4. The highest BCUT2D eigenvalue weighted by atomic mass is 16.6. The van der Waals surface area contributed by atoms with Crippen LogP contribution in [0.15, 0.2) is 72.8 Å². The molecule has 1 spiro atoms. The predicted octanol–water partition coefficient (Wildman–Crippen LogP) is 3.34. The van der Waals surface area contributed by atoms with Crippen LogP contribution in [0.3, 0.4) is 0 Å². The summed E-state index contributed by atoms with van der Waals surface area (Å²) in [6.07, 6.45) is 3.67. The molecule has 1 unspecified atom stereocenters. The largest absolute Gasteiger partial charge is 0.493 e. The van der Waals surface area contributed by atoms with Crippen LogP contribution in [0.5, 0.6) is 28.7 Å². The highest BCUT2D eigenvalue weighted by Crippen LogP contribution is 2.62. The molecule has 2 bridgehead atoms. The maximum absolute atomic E-state index is 10.6. The lowest BCUT2D eigenvalue weighted by Crippen LogP contribution is -2.64. The van der Waals surface area contributed by atoms with Crippen molar-refractivity contribution in [2.75, 3.05) is 41.0 Å². The van der Waals surface area contributed by atoms with Gasteiger partial charge < -0.3 is 54.4 Å². The van der Waals surface area contributed by atoms with Gasteiger partial charge in [-0.05, 0) is 62.3 Å². The maximum atomic E-state index is 10.6. The molecule has 5 N–H and O–H groups in total. The second-order valence-electron chi connectivity index (χ2n) is 12.8. The summed E-state index contributed by atoms with van der Waals surface area (Å²) in [5.41, 5.74) is 7.35. The lowest BCUT2D eigenvalue weighted by atomic mass is 9.53. The van der Waals surface area contributed by atoms with E-state index in [2.05, 4.69) is 33.6 Å². The van der Waals surface area contributed by atoms with Crippen LogP contribution in [0.4, 0.5) is 4.79 Å². The molecule has 2 aliphatic heterocycles. The van der Waals surface area contributed by atoms with Crippen molar-refractivity contribution in [3.05, 3.63) is 89.5 Å². The number of carboxylic acids is 1. The van der Waals surface area contributed by atoms with Gasteiger partial charge in [-0.3, -0.25) is 4.79 Å². The molecule has 52 heavy (non-hydrogen) atoms. The van der Waals surface area contributed by atoms with Crippen molar-refractivity contribution in [3.8, 4) is 28.7 Å². The molecule has 2 aliphatic carbocycles. The average molecular weight is 721 g/mol. The van der Waals surface area contributed by atoms with E-state index in [-0.39, 0.29) is 36.0 Å². The number of nitrogens with two attached hydrogens (primary N) is 1. The third-order valence-electron chi connectivity index (χ3n) is 9.64. The highest BCUT2D eigenvalue weighted by molar-refractivity contribution is 5.91. The van der Waals surface area contributed by atoms with E-state index in [0.717, 1.165) is 30.9 Å². The number of hydrogen-bond acceptors (Lipinski definition) is 12. The molecule has 3 aromatic carbocycles. The van der Waals surface area contributed by atoms with Crippen molar-refractivity contribution in [1.29, 1.82) is 0 Å². The van der Waals surface area contributed by atoms with E-state index in [0.29, 0.717) is 23.5 Å². The number of para-hydroxylation sites is 3. The van der Waals surface area contributed by atoms with Gasteiger partial charge in [-0.15, -0.1) is 0 Å². The molecule has 4 aliphatic rings. The number of hydrogen-bond donors (Lipinski definition) is 4. The second-order valence-corrected chi connectivity index (χ2v) is 12.8. The van der Waals surface area contributed by atoms with Crippen molar-refractivity contribution in [1.82, 2.24) is 4.90 Å². The summed E-state index contributed by atoms with van der Waals surface area (Å²) >= 11 is 0. The molecular formula is C38H44N2O12. The number of methoxy groups -OCH3 is 2. The fraction of sp³-hybridized carbons (Fsp3) is 0.395. The number of primary amides is 1. The van der Waals surface area contributed by atoms with Crippen LogP contribution in [0, 0.1) is 5.92 Å². The molecule has 0 saturated carbocycles. The van der Waals surface area contributed by atoms with Crippen LogP contribution < -0.4 is 29.4 Å². The zero-order chi connectivity index (χ0) is 37.6. The Morgan fingerprint density at radius 3 is 2.29 bits per heavy atom. The van der Waals surface area contributed by atoms with E-state index in [4.69, 9.17) is 29.8 Å². The summed E-state index contributed by atoms with van der Waals surface area (Å²) in [5.74, 6) is 1.59. The van der Waals surface area contributed by atoms with Crippen LogP contribution in [-0.2, 0) is 21.4 Å². The predicted molar refractivity (Wildman–Crippen MR) is 187 cm³/mol. The number of carbonyl (C=O) groups excluding carboxylic acids is 2. The molecule has 14 nitrogen and oxygen atoms in total. The number of aliphatic hydroxyl groups excluding tert-OH is 2. The number of piperidine rings is 1. The minimum Gasteiger partial charge on any atom is -0.493 e. The van der Waals surface area contributed by atoms with Gasteiger partial charge in [0.05, 0.1) is 14.2 Å². The molecular weight excluding hydrogens is 676 g/mol.